The van der Waals surface area contributed by atoms with Crippen LogP contribution in [0.1, 0.15) is 44.3 Å². The van der Waals surface area contributed by atoms with Gasteiger partial charge in [0.1, 0.15) is 5.76 Å². The van der Waals surface area contributed by atoms with Crippen molar-refractivity contribution in [2.45, 2.75) is 34.1 Å². The number of amidine groups is 1. The van der Waals surface area contributed by atoms with Gasteiger partial charge in [-0.25, -0.2) is 4.99 Å². The van der Waals surface area contributed by atoms with Gasteiger partial charge in [-0.1, -0.05) is 19.6 Å². The lowest BCUT2D eigenvalue weighted by atomic mass is 10.1. The summed E-state index contributed by atoms with van der Waals surface area (Å²) >= 11 is 0. The number of morpholine rings is 1. The number of rotatable bonds is 7. The van der Waals surface area contributed by atoms with Crippen LogP contribution in [0.4, 0.5) is 0 Å². The smallest absolute Gasteiger partial charge is 0.172 e. The molecule has 0 saturated carbocycles. The van der Waals surface area contributed by atoms with Crippen molar-refractivity contribution in [1.29, 1.82) is 0 Å². The van der Waals surface area contributed by atoms with E-state index in [1.807, 2.05) is 0 Å². The monoisotopic (exact) mass is 371 g/mol. The number of allylic oxidation sites excluding steroid dienone is 4. The number of hydrogen-bond acceptors (Lipinski definition) is 4. The molecule has 5 nitrogen and oxygen atoms in total. The van der Waals surface area contributed by atoms with E-state index in [-0.39, 0.29) is 0 Å². The van der Waals surface area contributed by atoms with Gasteiger partial charge in [-0.2, -0.15) is 0 Å². The Morgan fingerprint density at radius 1 is 1.33 bits per heavy atom. The summed E-state index contributed by atoms with van der Waals surface area (Å²) in [7, 11) is 2.10. The maximum absolute atomic E-state index is 6.32. The predicted octanol–water partition coefficient (Wildman–Crippen LogP) is 4.46. The number of aliphatic imine (C=N–C) groups is 1. The number of nitrogens with zero attached hydrogens (tertiary/aromatic N) is 3. The third-order valence-corrected chi connectivity index (χ3v) is 4.79. The highest BCUT2D eigenvalue weighted by molar-refractivity contribution is 5.98. The molecule has 148 valence electrons. The highest BCUT2D eigenvalue weighted by atomic mass is 16.5. The molecule has 1 aromatic heterocycles. The zero-order chi connectivity index (χ0) is 19.8. The van der Waals surface area contributed by atoms with Crippen molar-refractivity contribution in [3.8, 4) is 0 Å². The summed E-state index contributed by atoms with van der Waals surface area (Å²) in [4.78, 5) is 8.94. The fourth-order valence-corrected chi connectivity index (χ4v) is 3.03. The Balaban J connectivity index is 2.40. The number of hydrogen-bond donors (Lipinski definition) is 0. The van der Waals surface area contributed by atoms with Gasteiger partial charge in [0.2, 0.25) is 0 Å². The molecule has 0 amide bonds. The highest BCUT2D eigenvalue weighted by Crippen LogP contribution is 2.26. The van der Waals surface area contributed by atoms with E-state index in [1.165, 1.54) is 5.70 Å². The van der Waals surface area contributed by atoms with Crippen LogP contribution in [0.25, 0.3) is 5.57 Å². The lowest BCUT2D eigenvalue weighted by Crippen LogP contribution is -2.41. The average molecular weight is 372 g/mol. The number of aryl methyl sites for hydroxylation is 1. The first-order valence-electron chi connectivity index (χ1n) is 9.73. The molecule has 5 heteroatoms. The molecule has 2 rings (SSSR count). The zero-order valence-corrected chi connectivity index (χ0v) is 17.4. The summed E-state index contributed by atoms with van der Waals surface area (Å²) < 4.78 is 11.8. The Morgan fingerprint density at radius 2 is 2.04 bits per heavy atom. The first-order chi connectivity index (χ1) is 13.0. The Labute approximate surface area is 163 Å². The second kappa shape index (κ2) is 10.2. The molecule has 1 aliphatic heterocycles. The maximum atomic E-state index is 6.32. The highest BCUT2D eigenvalue weighted by Gasteiger charge is 2.22. The van der Waals surface area contributed by atoms with E-state index < -0.39 is 0 Å². The largest absolute Gasteiger partial charge is 0.453 e. The van der Waals surface area contributed by atoms with Crippen molar-refractivity contribution in [2.75, 3.05) is 39.9 Å². The number of furan rings is 1. The summed E-state index contributed by atoms with van der Waals surface area (Å²) in [6.45, 7) is 16.2. The molecule has 0 atom stereocenters. The van der Waals surface area contributed by atoms with E-state index in [0.717, 1.165) is 54.5 Å². The average Bonchev–Trinajstić information content (AvgIpc) is 3.07. The second-order valence-electron chi connectivity index (χ2n) is 6.73. The van der Waals surface area contributed by atoms with Gasteiger partial charge in [0.05, 0.1) is 13.2 Å². The lowest BCUT2D eigenvalue weighted by Gasteiger charge is -2.29. The normalized spacial score (nSPS) is 16.6. The molecule has 0 aliphatic carbocycles. The fraction of sp³-hybridized carbons (Fsp3) is 0.500. The molecule has 1 aliphatic rings. The van der Waals surface area contributed by atoms with Crippen LogP contribution in [-0.4, -0.2) is 55.5 Å². The van der Waals surface area contributed by atoms with E-state index in [9.17, 15) is 0 Å². The summed E-state index contributed by atoms with van der Waals surface area (Å²) in [5.41, 5.74) is 3.39. The molecule has 1 aromatic rings. The van der Waals surface area contributed by atoms with E-state index in [2.05, 4.69) is 74.3 Å². The molecule has 0 N–H and O–H groups in total. The Morgan fingerprint density at radius 3 is 2.63 bits per heavy atom. The molecule has 0 aromatic carbocycles. The van der Waals surface area contributed by atoms with E-state index in [4.69, 9.17) is 9.15 Å². The summed E-state index contributed by atoms with van der Waals surface area (Å²) in [5.74, 6) is 2.52. The first-order valence-corrected chi connectivity index (χ1v) is 9.73. The maximum Gasteiger partial charge on any atom is 0.172 e. The number of ether oxygens (including phenoxy) is 1. The summed E-state index contributed by atoms with van der Waals surface area (Å²) in [5, 5.41) is 0. The van der Waals surface area contributed by atoms with Gasteiger partial charge in [-0.05, 0) is 44.9 Å². The van der Waals surface area contributed by atoms with Gasteiger partial charge >= 0.3 is 0 Å². The van der Waals surface area contributed by atoms with Crippen LogP contribution in [-0.2, 0) is 4.74 Å². The molecule has 1 fully saturated rings. The minimum atomic E-state index is 0.703. The quantitative estimate of drug-likeness (QED) is 0.403. The standard InChI is InChI=1S/C22H33N3O2/c1-7-10-19(16-18(5)24(6)9-3)20-15-17(4)21(27-20)22(23-8-2)25-11-13-26-14-12-25/h8,10,15-16H,2,7,9,11-14H2,1,3-6H3/b18-16-,19-10+,23-22?. The Bertz CT molecular complexity index is 722. The van der Waals surface area contributed by atoms with E-state index in [1.54, 1.807) is 6.20 Å². The third kappa shape index (κ3) is 5.36. The minimum Gasteiger partial charge on any atom is -0.453 e. The van der Waals surface area contributed by atoms with Crippen molar-refractivity contribution in [1.82, 2.24) is 9.80 Å². The van der Waals surface area contributed by atoms with Crippen molar-refractivity contribution in [3.63, 3.8) is 0 Å². The molecule has 0 unspecified atom stereocenters. The van der Waals surface area contributed by atoms with Crippen LogP contribution in [0.2, 0.25) is 0 Å². The topological polar surface area (TPSA) is 41.2 Å². The zero-order valence-electron chi connectivity index (χ0n) is 17.4. The van der Waals surface area contributed by atoms with Gasteiger partial charge in [0.25, 0.3) is 0 Å². The molecule has 1 saturated heterocycles. The first kappa shape index (κ1) is 21.0. The molecule has 0 radical (unpaired) electrons. The minimum absolute atomic E-state index is 0.703. The van der Waals surface area contributed by atoms with Gasteiger partial charge in [-0.15, -0.1) is 0 Å². The summed E-state index contributed by atoms with van der Waals surface area (Å²) in [6.07, 6.45) is 6.92. The van der Waals surface area contributed by atoms with Gasteiger partial charge < -0.3 is 19.0 Å². The molecular weight excluding hydrogens is 338 g/mol. The second-order valence-corrected chi connectivity index (χ2v) is 6.73. The third-order valence-electron chi connectivity index (χ3n) is 4.79. The van der Waals surface area contributed by atoms with Crippen LogP contribution >= 0.6 is 0 Å². The van der Waals surface area contributed by atoms with E-state index >= 15 is 0 Å². The van der Waals surface area contributed by atoms with Gasteiger partial charge in [0.15, 0.2) is 11.6 Å². The van der Waals surface area contributed by atoms with Crippen LogP contribution in [0.3, 0.4) is 0 Å². The fourth-order valence-electron chi connectivity index (χ4n) is 3.03. The van der Waals surface area contributed by atoms with Crippen molar-refractivity contribution >= 4 is 11.4 Å². The summed E-state index contributed by atoms with van der Waals surface area (Å²) in [6, 6.07) is 2.10. The predicted molar refractivity (Wildman–Crippen MR) is 113 cm³/mol. The van der Waals surface area contributed by atoms with Crippen molar-refractivity contribution < 1.29 is 9.15 Å². The Kier molecular flexibility index (Phi) is 7.92. The van der Waals surface area contributed by atoms with E-state index in [0.29, 0.717) is 13.2 Å². The van der Waals surface area contributed by atoms with Gasteiger partial charge in [-0.3, -0.25) is 0 Å². The molecule has 2 heterocycles. The molecule has 0 bridgehead atoms. The molecule has 27 heavy (non-hydrogen) atoms. The van der Waals surface area contributed by atoms with Crippen LogP contribution in [0.5, 0.6) is 0 Å². The lowest BCUT2D eigenvalue weighted by molar-refractivity contribution is 0.0678. The van der Waals surface area contributed by atoms with Crippen molar-refractivity contribution in [2.24, 2.45) is 4.99 Å². The van der Waals surface area contributed by atoms with Crippen LogP contribution < -0.4 is 0 Å². The van der Waals surface area contributed by atoms with Crippen LogP contribution in [0, 0.1) is 6.92 Å². The SMILES string of the molecule is C=CN=C(c1oc(C(/C=C(/C)N(C)CC)=C/CC)cc1C)N1CCOCC1. The van der Waals surface area contributed by atoms with Gasteiger partial charge in [0, 0.05) is 44.2 Å². The molecular formula is C22H33N3O2. The molecule has 0 spiro atoms. The van der Waals surface area contributed by atoms with Crippen LogP contribution in [0.15, 0.2) is 46.1 Å². The Hall–Kier alpha value is -2.27. The van der Waals surface area contributed by atoms with Crippen molar-refractivity contribution in [3.05, 3.63) is 53.8 Å².